The third kappa shape index (κ3) is 3.53. The van der Waals surface area contributed by atoms with Crippen LogP contribution in [0.2, 0.25) is 0 Å². The predicted octanol–water partition coefficient (Wildman–Crippen LogP) is 2.91. The zero-order valence-electron chi connectivity index (χ0n) is 11.2. The fraction of sp³-hybridized carbons (Fsp3) is 0.600. The van der Waals surface area contributed by atoms with Gasteiger partial charge in [0.15, 0.2) is 0 Å². The Hall–Kier alpha value is -0.930. The molecule has 0 amide bonds. The highest BCUT2D eigenvalue weighted by molar-refractivity contribution is 5.24. The van der Waals surface area contributed by atoms with Crippen LogP contribution >= 0.6 is 0 Å². The lowest BCUT2D eigenvalue weighted by atomic mass is 9.85. The molecule has 0 bridgehead atoms. The zero-order valence-corrected chi connectivity index (χ0v) is 11.2. The second-order valence-electron chi connectivity index (χ2n) is 5.30. The molecule has 3 heteroatoms. The third-order valence-electron chi connectivity index (χ3n) is 3.85. The molecule has 2 nitrogen and oxygen atoms in total. The normalized spacial score (nSPS) is 16.0. The Morgan fingerprint density at radius 2 is 2.00 bits per heavy atom. The van der Waals surface area contributed by atoms with E-state index in [0.29, 0.717) is 6.54 Å². The van der Waals surface area contributed by atoms with E-state index in [1.54, 1.807) is 6.07 Å². The summed E-state index contributed by atoms with van der Waals surface area (Å²) >= 11 is 0. The van der Waals surface area contributed by atoms with Gasteiger partial charge in [-0.25, -0.2) is 4.39 Å². The molecule has 18 heavy (non-hydrogen) atoms. The van der Waals surface area contributed by atoms with Crippen LogP contribution < -0.4 is 5.73 Å². The van der Waals surface area contributed by atoms with Crippen LogP contribution in [0.1, 0.15) is 37.3 Å². The summed E-state index contributed by atoms with van der Waals surface area (Å²) < 4.78 is 13.4. The average molecular weight is 250 g/mol. The van der Waals surface area contributed by atoms with Crippen LogP contribution in [0.3, 0.4) is 0 Å². The SMILES string of the molecule is CCN(Cc1cc(F)cc(CN)c1)CC1CCC1. The van der Waals surface area contributed by atoms with E-state index < -0.39 is 0 Å². The van der Waals surface area contributed by atoms with Crippen LogP contribution in [0.15, 0.2) is 18.2 Å². The van der Waals surface area contributed by atoms with Crippen molar-refractivity contribution in [1.82, 2.24) is 4.90 Å². The maximum absolute atomic E-state index is 13.4. The van der Waals surface area contributed by atoms with Gasteiger partial charge < -0.3 is 5.73 Å². The first-order chi connectivity index (χ1) is 8.71. The van der Waals surface area contributed by atoms with E-state index in [9.17, 15) is 4.39 Å². The van der Waals surface area contributed by atoms with Gasteiger partial charge in [0, 0.05) is 19.6 Å². The van der Waals surface area contributed by atoms with E-state index in [0.717, 1.165) is 36.7 Å². The molecule has 0 heterocycles. The molecule has 1 saturated carbocycles. The molecule has 1 aromatic rings. The van der Waals surface area contributed by atoms with Crippen LogP contribution in [-0.4, -0.2) is 18.0 Å². The largest absolute Gasteiger partial charge is 0.326 e. The van der Waals surface area contributed by atoms with Crippen molar-refractivity contribution in [2.75, 3.05) is 13.1 Å². The molecule has 2 N–H and O–H groups in total. The van der Waals surface area contributed by atoms with Crippen LogP contribution in [-0.2, 0) is 13.1 Å². The Kier molecular flexibility index (Phi) is 4.72. The van der Waals surface area contributed by atoms with Gasteiger partial charge in [-0.2, -0.15) is 0 Å². The number of rotatable bonds is 6. The van der Waals surface area contributed by atoms with Crippen LogP contribution in [0.4, 0.5) is 4.39 Å². The first-order valence-electron chi connectivity index (χ1n) is 6.92. The van der Waals surface area contributed by atoms with Crippen molar-refractivity contribution in [2.45, 2.75) is 39.3 Å². The van der Waals surface area contributed by atoms with Crippen molar-refractivity contribution < 1.29 is 4.39 Å². The molecule has 0 atom stereocenters. The molecule has 100 valence electrons. The molecule has 0 spiro atoms. The molecule has 2 rings (SSSR count). The van der Waals surface area contributed by atoms with Crippen LogP contribution in [0, 0.1) is 11.7 Å². The lowest BCUT2D eigenvalue weighted by Gasteiger charge is -2.31. The minimum Gasteiger partial charge on any atom is -0.326 e. The first-order valence-corrected chi connectivity index (χ1v) is 6.92. The summed E-state index contributed by atoms with van der Waals surface area (Å²) in [6, 6.07) is 5.17. The number of nitrogens with two attached hydrogens (primary N) is 1. The summed E-state index contributed by atoms with van der Waals surface area (Å²) in [5, 5.41) is 0. The van der Waals surface area contributed by atoms with Gasteiger partial charge in [-0.3, -0.25) is 4.90 Å². The van der Waals surface area contributed by atoms with Crippen molar-refractivity contribution in [2.24, 2.45) is 11.7 Å². The standard InChI is InChI=1S/C15H23FN2/c1-2-18(10-12-4-3-5-12)11-14-6-13(9-17)7-15(16)8-14/h6-8,12H,2-5,9-11,17H2,1H3. The lowest BCUT2D eigenvalue weighted by molar-refractivity contribution is 0.178. The Morgan fingerprint density at radius 3 is 2.56 bits per heavy atom. The minimum absolute atomic E-state index is 0.173. The van der Waals surface area contributed by atoms with Gasteiger partial charge in [-0.15, -0.1) is 0 Å². The zero-order chi connectivity index (χ0) is 13.0. The highest BCUT2D eigenvalue weighted by Gasteiger charge is 2.20. The van der Waals surface area contributed by atoms with E-state index in [2.05, 4.69) is 11.8 Å². The summed E-state index contributed by atoms with van der Waals surface area (Å²) in [6.45, 7) is 5.56. The first kappa shape index (κ1) is 13.5. The fourth-order valence-corrected chi connectivity index (χ4v) is 2.53. The maximum atomic E-state index is 13.4. The smallest absolute Gasteiger partial charge is 0.123 e. The van der Waals surface area contributed by atoms with Gasteiger partial charge in [0.25, 0.3) is 0 Å². The van der Waals surface area contributed by atoms with Crippen molar-refractivity contribution in [1.29, 1.82) is 0 Å². The third-order valence-corrected chi connectivity index (χ3v) is 3.85. The van der Waals surface area contributed by atoms with Crippen molar-refractivity contribution in [3.8, 4) is 0 Å². The van der Waals surface area contributed by atoms with Crippen LogP contribution in [0.25, 0.3) is 0 Å². The van der Waals surface area contributed by atoms with E-state index in [1.165, 1.54) is 25.3 Å². The van der Waals surface area contributed by atoms with E-state index in [1.807, 2.05) is 6.07 Å². The van der Waals surface area contributed by atoms with Crippen LogP contribution in [0.5, 0.6) is 0 Å². The van der Waals surface area contributed by atoms with Gasteiger partial charge in [0.2, 0.25) is 0 Å². The predicted molar refractivity (Wildman–Crippen MR) is 72.6 cm³/mol. The maximum Gasteiger partial charge on any atom is 0.123 e. The molecule has 1 aliphatic carbocycles. The molecular formula is C15H23FN2. The molecule has 1 aromatic carbocycles. The number of benzene rings is 1. The minimum atomic E-state index is -0.173. The van der Waals surface area contributed by atoms with E-state index in [4.69, 9.17) is 5.73 Å². The Bertz CT molecular complexity index is 388. The monoisotopic (exact) mass is 250 g/mol. The summed E-state index contributed by atoms with van der Waals surface area (Å²) in [4.78, 5) is 2.40. The highest BCUT2D eigenvalue weighted by atomic mass is 19.1. The summed E-state index contributed by atoms with van der Waals surface area (Å²) in [5.74, 6) is 0.681. The van der Waals surface area contributed by atoms with Crippen molar-refractivity contribution >= 4 is 0 Å². The topological polar surface area (TPSA) is 29.3 Å². The van der Waals surface area contributed by atoms with Gasteiger partial charge in [-0.05, 0) is 48.6 Å². The molecule has 0 radical (unpaired) electrons. The molecule has 1 aliphatic rings. The Balaban J connectivity index is 1.98. The highest BCUT2D eigenvalue weighted by Crippen LogP contribution is 2.27. The number of hydrogen-bond donors (Lipinski definition) is 1. The van der Waals surface area contributed by atoms with Gasteiger partial charge >= 0.3 is 0 Å². The summed E-state index contributed by atoms with van der Waals surface area (Å²) in [6.07, 6.45) is 4.08. The Morgan fingerprint density at radius 1 is 1.28 bits per heavy atom. The lowest BCUT2D eigenvalue weighted by Crippen LogP contribution is -2.32. The molecule has 0 unspecified atom stereocenters. The molecular weight excluding hydrogens is 227 g/mol. The van der Waals surface area contributed by atoms with Gasteiger partial charge in [0.05, 0.1) is 0 Å². The molecule has 1 fully saturated rings. The second-order valence-corrected chi connectivity index (χ2v) is 5.30. The average Bonchev–Trinajstić information content (AvgIpc) is 2.31. The van der Waals surface area contributed by atoms with E-state index in [-0.39, 0.29) is 5.82 Å². The van der Waals surface area contributed by atoms with Gasteiger partial charge in [-0.1, -0.05) is 19.4 Å². The molecule has 0 aromatic heterocycles. The fourth-order valence-electron chi connectivity index (χ4n) is 2.53. The summed E-state index contributed by atoms with van der Waals surface area (Å²) in [7, 11) is 0. The second kappa shape index (κ2) is 6.30. The van der Waals surface area contributed by atoms with Crippen molar-refractivity contribution in [3.63, 3.8) is 0 Å². The van der Waals surface area contributed by atoms with Crippen molar-refractivity contribution in [3.05, 3.63) is 35.1 Å². The number of nitrogens with zero attached hydrogens (tertiary/aromatic N) is 1. The molecule has 0 saturated heterocycles. The quantitative estimate of drug-likeness (QED) is 0.841. The Labute approximate surface area is 109 Å². The number of halogens is 1. The van der Waals surface area contributed by atoms with E-state index >= 15 is 0 Å². The molecule has 0 aliphatic heterocycles. The summed E-state index contributed by atoms with van der Waals surface area (Å²) in [5.41, 5.74) is 7.50. The van der Waals surface area contributed by atoms with Gasteiger partial charge in [0.1, 0.15) is 5.82 Å². The number of hydrogen-bond acceptors (Lipinski definition) is 2.